The number of aliphatic carboxylic acids is 1. The predicted molar refractivity (Wildman–Crippen MR) is 101 cm³/mol. The van der Waals surface area contributed by atoms with Gasteiger partial charge in [0.05, 0.1) is 0 Å². The zero-order valence-corrected chi connectivity index (χ0v) is 16.3. The third-order valence-electron chi connectivity index (χ3n) is 3.71. The maximum Gasteiger partial charge on any atom is 0.303 e. The number of carbonyl (C=O) groups excluding carboxylic acids is 1. The molecule has 0 aliphatic carbocycles. The molecule has 2 rings (SSSR count). The topological polar surface area (TPSA) is 80.2 Å². The van der Waals surface area contributed by atoms with Gasteiger partial charge < -0.3 is 5.11 Å². The lowest BCUT2D eigenvalue weighted by atomic mass is 10.0. The quantitative estimate of drug-likeness (QED) is 0.435. The summed E-state index contributed by atoms with van der Waals surface area (Å²) in [4.78, 5) is 33.0. The lowest BCUT2D eigenvalue weighted by Crippen LogP contribution is -2.05. The summed E-state index contributed by atoms with van der Waals surface area (Å²) in [5.41, 5.74) is 0.606. The largest absolute Gasteiger partial charge is 0.481 e. The van der Waals surface area contributed by atoms with E-state index in [1.54, 1.807) is 17.5 Å². The van der Waals surface area contributed by atoms with Gasteiger partial charge in [0, 0.05) is 29.3 Å². The van der Waals surface area contributed by atoms with Crippen LogP contribution >= 0.6 is 22.7 Å². The number of hydrogen-bond acceptors (Lipinski definition) is 6. The van der Waals surface area contributed by atoms with Crippen LogP contribution in [-0.4, -0.2) is 26.8 Å². The van der Waals surface area contributed by atoms with Gasteiger partial charge in [-0.1, -0.05) is 26.7 Å². The number of Topliss-reactive ketones (excluding diaryl/α,β-unsaturated/α-hetero) is 1. The van der Waals surface area contributed by atoms with Crippen LogP contribution in [0, 0.1) is 5.92 Å². The van der Waals surface area contributed by atoms with Gasteiger partial charge >= 0.3 is 5.97 Å². The number of aromatic nitrogens is 2. The Kier molecular flexibility index (Phi) is 7.71. The van der Waals surface area contributed by atoms with E-state index in [-0.39, 0.29) is 12.2 Å². The average molecular weight is 381 g/mol. The van der Waals surface area contributed by atoms with E-state index in [1.807, 2.05) is 5.38 Å². The van der Waals surface area contributed by atoms with Crippen molar-refractivity contribution in [2.45, 2.75) is 58.8 Å². The number of carbonyl (C=O) groups is 2. The first kappa shape index (κ1) is 19.7. The lowest BCUT2D eigenvalue weighted by molar-refractivity contribution is -0.137. The van der Waals surface area contributed by atoms with E-state index in [9.17, 15) is 9.59 Å². The Balaban J connectivity index is 1.96. The molecule has 0 bridgehead atoms. The molecular weight excluding hydrogens is 356 g/mol. The summed E-state index contributed by atoms with van der Waals surface area (Å²) in [6.45, 7) is 4.28. The van der Waals surface area contributed by atoms with E-state index < -0.39 is 5.97 Å². The minimum Gasteiger partial charge on any atom is -0.481 e. The van der Waals surface area contributed by atoms with Gasteiger partial charge in [0.1, 0.15) is 5.69 Å². The highest BCUT2D eigenvalue weighted by Crippen LogP contribution is 2.31. The van der Waals surface area contributed by atoms with Crippen LogP contribution in [0.2, 0.25) is 0 Å². The molecule has 0 radical (unpaired) electrons. The maximum absolute atomic E-state index is 12.6. The Morgan fingerprint density at radius 2 is 1.84 bits per heavy atom. The van der Waals surface area contributed by atoms with Crippen molar-refractivity contribution in [2.24, 2.45) is 5.92 Å². The number of rotatable bonds is 11. The second-order valence-corrected chi connectivity index (χ2v) is 8.44. The van der Waals surface area contributed by atoms with Crippen LogP contribution in [0.4, 0.5) is 0 Å². The molecule has 25 heavy (non-hydrogen) atoms. The van der Waals surface area contributed by atoms with E-state index in [1.165, 1.54) is 11.3 Å². The Morgan fingerprint density at radius 3 is 2.44 bits per heavy atom. The van der Waals surface area contributed by atoms with Crippen LogP contribution in [0.15, 0.2) is 11.6 Å². The summed E-state index contributed by atoms with van der Waals surface area (Å²) in [5, 5.41) is 12.2. The van der Waals surface area contributed by atoms with Crippen molar-refractivity contribution >= 4 is 34.4 Å². The number of nitrogens with zero attached hydrogens (tertiary/aromatic N) is 2. The average Bonchev–Trinajstić information content (AvgIpc) is 3.19. The highest BCUT2D eigenvalue weighted by molar-refractivity contribution is 7.20. The van der Waals surface area contributed by atoms with E-state index >= 15 is 0 Å². The zero-order chi connectivity index (χ0) is 18.2. The van der Waals surface area contributed by atoms with Gasteiger partial charge in [0.15, 0.2) is 15.8 Å². The van der Waals surface area contributed by atoms with Crippen LogP contribution in [0.3, 0.4) is 0 Å². The van der Waals surface area contributed by atoms with Gasteiger partial charge in [-0.15, -0.1) is 22.7 Å². The molecule has 0 aromatic carbocycles. The van der Waals surface area contributed by atoms with Gasteiger partial charge in [0.2, 0.25) is 0 Å². The van der Waals surface area contributed by atoms with Crippen LogP contribution in [0.5, 0.6) is 0 Å². The minimum absolute atomic E-state index is 0.0907. The first-order valence-corrected chi connectivity index (χ1v) is 10.3. The molecule has 0 atom stereocenters. The minimum atomic E-state index is -0.758. The Bertz CT molecular complexity index is 693. The molecule has 0 amide bonds. The van der Waals surface area contributed by atoms with Gasteiger partial charge in [-0.25, -0.2) is 9.97 Å². The fourth-order valence-corrected chi connectivity index (χ4v) is 4.50. The number of carboxylic acids is 1. The van der Waals surface area contributed by atoms with Crippen LogP contribution < -0.4 is 0 Å². The molecular formula is C18H24N2O3S2. The first-order chi connectivity index (χ1) is 12.0. The molecule has 2 aromatic rings. The molecule has 2 heterocycles. The summed E-state index contributed by atoms with van der Waals surface area (Å²) in [5.74, 6) is -0.202. The summed E-state index contributed by atoms with van der Waals surface area (Å²) in [7, 11) is 0. The molecule has 2 aromatic heterocycles. The van der Waals surface area contributed by atoms with Gasteiger partial charge in [-0.3, -0.25) is 9.59 Å². The predicted octanol–water partition coefficient (Wildman–Crippen LogP) is 5.07. The van der Waals surface area contributed by atoms with Crippen molar-refractivity contribution in [1.29, 1.82) is 0 Å². The monoisotopic (exact) mass is 380 g/mol. The highest BCUT2D eigenvalue weighted by atomic mass is 32.1. The van der Waals surface area contributed by atoms with Crippen molar-refractivity contribution in [1.82, 2.24) is 9.97 Å². The molecule has 0 saturated carbocycles. The standard InChI is InChI=1S/C18H24N2O3S2/c1-12(2)11-14-16(20-18(25-14)17-19-9-10-24-17)13(21)7-5-3-4-6-8-15(22)23/h9-10,12H,3-8,11H2,1-2H3,(H,22,23). The second-order valence-electron chi connectivity index (χ2n) is 6.46. The van der Waals surface area contributed by atoms with E-state index in [2.05, 4.69) is 23.8 Å². The summed E-state index contributed by atoms with van der Waals surface area (Å²) >= 11 is 3.11. The number of unbranched alkanes of at least 4 members (excludes halogenated alkanes) is 3. The Hall–Kier alpha value is -1.60. The van der Waals surface area contributed by atoms with Crippen molar-refractivity contribution in [2.75, 3.05) is 0 Å². The van der Waals surface area contributed by atoms with Gasteiger partial charge in [-0.2, -0.15) is 0 Å². The van der Waals surface area contributed by atoms with Gasteiger partial charge in [-0.05, 0) is 25.2 Å². The number of ketones is 1. The van der Waals surface area contributed by atoms with Crippen molar-refractivity contribution in [3.8, 4) is 10.0 Å². The maximum atomic E-state index is 12.6. The summed E-state index contributed by atoms with van der Waals surface area (Å²) in [6.07, 6.45) is 6.46. The molecule has 136 valence electrons. The third-order valence-corrected chi connectivity index (χ3v) is 5.71. The highest BCUT2D eigenvalue weighted by Gasteiger charge is 2.20. The van der Waals surface area contributed by atoms with E-state index in [0.717, 1.165) is 40.6 Å². The second kappa shape index (κ2) is 9.77. The van der Waals surface area contributed by atoms with Crippen molar-refractivity contribution in [3.05, 3.63) is 22.1 Å². The van der Waals surface area contributed by atoms with Crippen LogP contribution in [-0.2, 0) is 11.2 Å². The van der Waals surface area contributed by atoms with Crippen LogP contribution in [0.25, 0.3) is 10.0 Å². The zero-order valence-electron chi connectivity index (χ0n) is 14.7. The van der Waals surface area contributed by atoms with Gasteiger partial charge in [0.25, 0.3) is 0 Å². The molecule has 0 spiro atoms. The molecule has 0 unspecified atom stereocenters. The lowest BCUT2D eigenvalue weighted by Gasteiger charge is -2.04. The molecule has 0 fully saturated rings. The van der Waals surface area contributed by atoms with Crippen molar-refractivity contribution in [3.63, 3.8) is 0 Å². The number of hydrogen-bond donors (Lipinski definition) is 1. The molecule has 0 saturated heterocycles. The summed E-state index contributed by atoms with van der Waals surface area (Å²) in [6, 6.07) is 0. The first-order valence-electron chi connectivity index (χ1n) is 8.62. The third kappa shape index (κ3) is 6.32. The number of thiazole rings is 2. The SMILES string of the molecule is CC(C)Cc1sc(-c2nccs2)nc1C(=O)CCCCCCC(=O)O. The van der Waals surface area contributed by atoms with Crippen molar-refractivity contribution < 1.29 is 14.7 Å². The molecule has 5 nitrogen and oxygen atoms in total. The van der Waals surface area contributed by atoms with E-state index in [4.69, 9.17) is 5.11 Å². The fraction of sp³-hybridized carbons (Fsp3) is 0.556. The van der Waals surface area contributed by atoms with Crippen LogP contribution in [0.1, 0.15) is 67.7 Å². The molecule has 0 aliphatic rings. The normalized spacial score (nSPS) is 11.2. The molecule has 7 heteroatoms. The summed E-state index contributed by atoms with van der Waals surface area (Å²) < 4.78 is 0. The Labute approximate surface area is 156 Å². The Morgan fingerprint density at radius 1 is 1.12 bits per heavy atom. The fourth-order valence-electron chi connectivity index (χ4n) is 2.53. The smallest absolute Gasteiger partial charge is 0.303 e. The van der Waals surface area contributed by atoms with E-state index in [0.29, 0.717) is 24.5 Å². The number of carboxylic acid groups (broad SMARTS) is 1. The molecule has 0 aliphatic heterocycles. The molecule has 1 N–H and O–H groups in total.